The van der Waals surface area contributed by atoms with Gasteiger partial charge in [-0.05, 0) is 37.1 Å². The van der Waals surface area contributed by atoms with Crippen LogP contribution in [0.25, 0.3) is 0 Å². The van der Waals surface area contributed by atoms with Crippen LogP contribution in [0.2, 0.25) is 0 Å². The molecular weight excluding hydrogens is 364 g/mol. The van der Waals surface area contributed by atoms with Crippen molar-refractivity contribution in [2.45, 2.75) is 50.0 Å². The summed E-state index contributed by atoms with van der Waals surface area (Å²) in [5.41, 5.74) is 0.172. The summed E-state index contributed by atoms with van der Waals surface area (Å²) in [6, 6.07) is 5.35. The lowest BCUT2D eigenvalue weighted by Crippen LogP contribution is -2.36. The van der Waals surface area contributed by atoms with Crippen molar-refractivity contribution >= 4 is 31.6 Å². The van der Waals surface area contributed by atoms with E-state index in [1.807, 2.05) is 0 Å². The summed E-state index contributed by atoms with van der Waals surface area (Å²) in [7, 11) is -7.35. The van der Waals surface area contributed by atoms with Gasteiger partial charge in [-0.15, -0.1) is 0 Å². The topological polar surface area (TPSA) is 101 Å². The van der Waals surface area contributed by atoms with E-state index in [-0.39, 0.29) is 22.4 Å². The zero-order valence-electron chi connectivity index (χ0n) is 14.0. The molecule has 25 heavy (non-hydrogen) atoms. The molecule has 1 saturated heterocycles. The molecule has 0 spiro atoms. The number of nitrogens with one attached hydrogen (secondary N) is 1. The van der Waals surface area contributed by atoms with E-state index in [9.17, 15) is 21.6 Å². The van der Waals surface area contributed by atoms with E-state index in [2.05, 4.69) is 4.72 Å². The molecule has 1 atom stereocenters. The van der Waals surface area contributed by atoms with Crippen LogP contribution in [0.3, 0.4) is 0 Å². The predicted molar refractivity (Wildman–Crippen MR) is 94.1 cm³/mol. The van der Waals surface area contributed by atoms with Crippen molar-refractivity contribution in [3.63, 3.8) is 0 Å². The minimum atomic E-state index is -3.69. The molecule has 3 rings (SSSR count). The second kappa shape index (κ2) is 6.69. The lowest BCUT2D eigenvalue weighted by molar-refractivity contribution is -0.119. The maximum atomic E-state index is 12.5. The Balaban J connectivity index is 1.81. The molecule has 1 amide bonds. The van der Waals surface area contributed by atoms with E-state index < -0.39 is 31.9 Å². The number of benzene rings is 1. The molecule has 138 valence electrons. The number of anilines is 1. The Morgan fingerprint density at radius 3 is 2.20 bits per heavy atom. The van der Waals surface area contributed by atoms with Gasteiger partial charge >= 0.3 is 0 Å². The Morgan fingerprint density at radius 1 is 1.08 bits per heavy atom. The average molecular weight is 386 g/mol. The van der Waals surface area contributed by atoms with Crippen LogP contribution in [0.1, 0.15) is 39.0 Å². The predicted octanol–water partition coefficient (Wildman–Crippen LogP) is 1.61. The third kappa shape index (κ3) is 3.73. The van der Waals surface area contributed by atoms with Gasteiger partial charge in [-0.25, -0.2) is 25.9 Å². The quantitative estimate of drug-likeness (QED) is 0.847. The second-order valence-corrected chi connectivity index (χ2v) is 10.3. The molecule has 2 aliphatic rings. The molecule has 1 saturated carbocycles. The molecular formula is C16H22N2O5S2. The fourth-order valence-corrected chi connectivity index (χ4v) is 6.48. The fraction of sp³-hybridized carbons (Fsp3) is 0.562. The minimum Gasteiger partial charge on any atom is -0.273 e. The molecule has 0 unspecified atom stereocenters. The highest BCUT2D eigenvalue weighted by molar-refractivity contribution is 7.94. The van der Waals surface area contributed by atoms with Gasteiger partial charge in [-0.3, -0.25) is 4.79 Å². The molecule has 0 bridgehead atoms. The lowest BCUT2D eigenvalue weighted by atomic mass is 9.96. The van der Waals surface area contributed by atoms with Gasteiger partial charge in [-0.2, -0.15) is 0 Å². The molecule has 1 N–H and O–H groups in total. The van der Waals surface area contributed by atoms with Crippen LogP contribution >= 0.6 is 0 Å². The van der Waals surface area contributed by atoms with Crippen LogP contribution in [0.5, 0.6) is 0 Å². The SMILES string of the molecule is C[C@H]1CS(=O)(=O)N(c2ccc(S(=O)(=O)NC3CCCCC3)cc2)C1=O. The molecule has 1 heterocycles. The maximum Gasteiger partial charge on any atom is 0.244 e. The van der Waals surface area contributed by atoms with Crippen molar-refractivity contribution in [3.05, 3.63) is 24.3 Å². The largest absolute Gasteiger partial charge is 0.273 e. The van der Waals surface area contributed by atoms with Crippen molar-refractivity contribution in [3.8, 4) is 0 Å². The first kappa shape index (κ1) is 18.3. The third-order valence-corrected chi connectivity index (χ3v) is 8.07. The van der Waals surface area contributed by atoms with Crippen LogP contribution in [-0.4, -0.2) is 34.5 Å². The molecule has 2 fully saturated rings. The number of sulfonamides is 2. The summed E-state index contributed by atoms with van der Waals surface area (Å²) in [4.78, 5) is 12.2. The van der Waals surface area contributed by atoms with Crippen LogP contribution in [0.15, 0.2) is 29.2 Å². The van der Waals surface area contributed by atoms with Crippen molar-refractivity contribution in [2.75, 3.05) is 10.1 Å². The highest BCUT2D eigenvalue weighted by Crippen LogP contribution is 2.29. The summed E-state index contributed by atoms with van der Waals surface area (Å²) in [6.45, 7) is 1.56. The molecule has 1 aliphatic heterocycles. The number of amides is 1. The van der Waals surface area contributed by atoms with E-state index in [1.165, 1.54) is 24.3 Å². The fourth-order valence-electron chi connectivity index (χ4n) is 3.36. The highest BCUT2D eigenvalue weighted by atomic mass is 32.2. The van der Waals surface area contributed by atoms with Gasteiger partial charge < -0.3 is 0 Å². The lowest BCUT2D eigenvalue weighted by Gasteiger charge is -2.22. The molecule has 1 aromatic carbocycles. The van der Waals surface area contributed by atoms with Crippen molar-refractivity contribution in [1.29, 1.82) is 0 Å². The zero-order chi connectivity index (χ0) is 18.2. The van der Waals surface area contributed by atoms with E-state index in [0.717, 1.165) is 36.4 Å². The molecule has 0 aromatic heterocycles. The molecule has 7 nitrogen and oxygen atoms in total. The summed E-state index contributed by atoms with van der Waals surface area (Å²) < 4.78 is 52.6. The summed E-state index contributed by atoms with van der Waals surface area (Å²) in [6.07, 6.45) is 4.81. The monoisotopic (exact) mass is 386 g/mol. The summed E-state index contributed by atoms with van der Waals surface area (Å²) >= 11 is 0. The van der Waals surface area contributed by atoms with E-state index >= 15 is 0 Å². The van der Waals surface area contributed by atoms with Gasteiger partial charge in [0, 0.05) is 6.04 Å². The number of carbonyl (C=O) groups excluding carboxylic acids is 1. The normalized spacial score (nSPS) is 24.6. The number of rotatable bonds is 4. The molecule has 9 heteroatoms. The van der Waals surface area contributed by atoms with Gasteiger partial charge in [0.25, 0.3) is 0 Å². The summed E-state index contributed by atoms with van der Waals surface area (Å²) in [5, 5.41) is 0. The third-order valence-electron chi connectivity index (χ3n) is 4.67. The Morgan fingerprint density at radius 2 is 1.68 bits per heavy atom. The van der Waals surface area contributed by atoms with E-state index in [1.54, 1.807) is 6.92 Å². The summed E-state index contributed by atoms with van der Waals surface area (Å²) in [5.74, 6) is -1.31. The van der Waals surface area contributed by atoms with Crippen LogP contribution < -0.4 is 9.03 Å². The molecule has 1 aliphatic carbocycles. The zero-order valence-corrected chi connectivity index (χ0v) is 15.6. The smallest absolute Gasteiger partial charge is 0.244 e. The van der Waals surface area contributed by atoms with Gasteiger partial charge in [0.2, 0.25) is 26.0 Å². The van der Waals surface area contributed by atoms with E-state index in [0.29, 0.717) is 0 Å². The second-order valence-electron chi connectivity index (χ2n) is 6.73. The van der Waals surface area contributed by atoms with Gasteiger partial charge in [0.15, 0.2) is 0 Å². The Bertz CT molecular complexity index is 856. The van der Waals surface area contributed by atoms with Crippen molar-refractivity contribution < 1.29 is 21.6 Å². The molecule has 0 radical (unpaired) electrons. The standard InChI is InChI=1S/C16H22N2O5S2/c1-12-11-24(20,21)18(16(12)19)14-7-9-15(10-8-14)25(22,23)17-13-5-3-2-4-6-13/h7-10,12-13,17H,2-6,11H2,1H3/t12-/m0/s1. The van der Waals surface area contributed by atoms with Crippen molar-refractivity contribution in [2.24, 2.45) is 5.92 Å². The van der Waals surface area contributed by atoms with Gasteiger partial charge in [0.1, 0.15) is 0 Å². The van der Waals surface area contributed by atoms with Gasteiger partial charge in [0.05, 0.1) is 22.3 Å². The van der Waals surface area contributed by atoms with E-state index in [4.69, 9.17) is 0 Å². The van der Waals surface area contributed by atoms with Crippen LogP contribution in [-0.2, 0) is 24.8 Å². The number of hydrogen-bond donors (Lipinski definition) is 1. The first-order valence-corrected chi connectivity index (χ1v) is 11.5. The first-order valence-electron chi connectivity index (χ1n) is 8.40. The van der Waals surface area contributed by atoms with Crippen LogP contribution in [0.4, 0.5) is 5.69 Å². The number of hydrogen-bond acceptors (Lipinski definition) is 5. The highest BCUT2D eigenvalue weighted by Gasteiger charge is 2.42. The number of nitrogens with zero attached hydrogens (tertiary/aromatic N) is 1. The Labute approximate surface area is 148 Å². The Hall–Kier alpha value is -1.45. The first-order chi connectivity index (χ1) is 11.7. The minimum absolute atomic E-state index is 0.0557. The molecule has 1 aromatic rings. The Kier molecular flexibility index (Phi) is 4.91. The maximum absolute atomic E-state index is 12.5. The van der Waals surface area contributed by atoms with Crippen LogP contribution in [0, 0.1) is 5.92 Å². The number of carbonyl (C=O) groups is 1. The van der Waals surface area contributed by atoms with Gasteiger partial charge in [-0.1, -0.05) is 26.2 Å². The van der Waals surface area contributed by atoms with Crippen molar-refractivity contribution in [1.82, 2.24) is 4.72 Å². The average Bonchev–Trinajstić information content (AvgIpc) is 2.75.